The van der Waals surface area contributed by atoms with E-state index >= 15 is 0 Å². The smallest absolute Gasteiger partial charge is 0.224 e. The Hall–Kier alpha value is -1.26. The van der Waals surface area contributed by atoms with Gasteiger partial charge in [-0.25, -0.2) is 8.42 Å². The highest BCUT2D eigenvalue weighted by Crippen LogP contribution is 2.31. The zero-order chi connectivity index (χ0) is 14.0. The molecule has 0 aliphatic heterocycles. The van der Waals surface area contributed by atoms with Gasteiger partial charge in [-0.2, -0.15) is 18.4 Å². The maximum Gasteiger partial charge on any atom is 0.416 e. The molecule has 0 spiro atoms. The van der Waals surface area contributed by atoms with Gasteiger partial charge in [0.05, 0.1) is 21.8 Å². The molecular formula is C10H7ClF3NO2S. The first-order chi connectivity index (χ1) is 8.22. The first kappa shape index (κ1) is 14.8. The van der Waals surface area contributed by atoms with Crippen molar-refractivity contribution in [3.8, 4) is 6.07 Å². The van der Waals surface area contributed by atoms with Gasteiger partial charge in [-0.15, -0.1) is 11.6 Å². The quantitative estimate of drug-likeness (QED) is 0.806. The van der Waals surface area contributed by atoms with Gasteiger partial charge in [0, 0.05) is 5.88 Å². The molecule has 1 rings (SSSR count). The summed E-state index contributed by atoms with van der Waals surface area (Å²) >= 11 is 5.29. The minimum Gasteiger partial charge on any atom is -0.224 e. The van der Waals surface area contributed by atoms with Gasteiger partial charge in [-0.1, -0.05) is 0 Å². The molecule has 1 aromatic rings. The number of rotatable bonds is 3. The topological polar surface area (TPSA) is 57.9 Å². The van der Waals surface area contributed by atoms with Crippen molar-refractivity contribution in [3.05, 3.63) is 29.3 Å². The molecule has 0 fully saturated rings. The second-order valence-corrected chi connectivity index (χ2v) is 5.78. The summed E-state index contributed by atoms with van der Waals surface area (Å²) in [5.41, 5.74) is -1.60. The molecule has 0 bridgehead atoms. The van der Waals surface area contributed by atoms with E-state index in [0.29, 0.717) is 12.1 Å². The van der Waals surface area contributed by atoms with E-state index in [1.165, 1.54) is 6.07 Å². The lowest BCUT2D eigenvalue weighted by molar-refractivity contribution is -0.137. The van der Waals surface area contributed by atoms with Crippen LogP contribution in [-0.4, -0.2) is 20.1 Å². The molecule has 0 saturated carbocycles. The highest BCUT2D eigenvalue weighted by Gasteiger charge is 2.32. The van der Waals surface area contributed by atoms with E-state index in [-0.39, 0.29) is 5.88 Å². The molecule has 0 aliphatic carbocycles. The van der Waals surface area contributed by atoms with E-state index in [4.69, 9.17) is 16.9 Å². The van der Waals surface area contributed by atoms with Gasteiger partial charge in [-0.05, 0) is 18.2 Å². The minimum atomic E-state index is -4.62. The fourth-order valence-electron chi connectivity index (χ4n) is 1.28. The Kier molecular flexibility index (Phi) is 4.24. The van der Waals surface area contributed by atoms with Crippen molar-refractivity contribution in [2.75, 3.05) is 11.6 Å². The highest BCUT2D eigenvalue weighted by atomic mass is 35.5. The zero-order valence-electron chi connectivity index (χ0n) is 8.83. The molecule has 0 saturated heterocycles. The van der Waals surface area contributed by atoms with Crippen LogP contribution in [0, 0.1) is 11.3 Å². The van der Waals surface area contributed by atoms with Gasteiger partial charge >= 0.3 is 6.18 Å². The molecule has 98 valence electrons. The average molecular weight is 298 g/mol. The van der Waals surface area contributed by atoms with Crippen LogP contribution in [-0.2, 0) is 16.0 Å². The number of nitrogens with zero attached hydrogens (tertiary/aromatic N) is 1. The minimum absolute atomic E-state index is 0.200. The van der Waals surface area contributed by atoms with Gasteiger partial charge in [0.15, 0.2) is 9.84 Å². The molecule has 0 aromatic heterocycles. The van der Waals surface area contributed by atoms with Crippen LogP contribution in [0.5, 0.6) is 0 Å². The van der Waals surface area contributed by atoms with Gasteiger partial charge in [-0.3, -0.25) is 0 Å². The fraction of sp³-hybridized carbons (Fsp3) is 0.300. The van der Waals surface area contributed by atoms with Crippen LogP contribution in [0.2, 0.25) is 0 Å². The van der Waals surface area contributed by atoms with E-state index in [0.717, 1.165) is 6.07 Å². The number of hydrogen-bond donors (Lipinski definition) is 0. The summed E-state index contributed by atoms with van der Waals surface area (Å²) in [4.78, 5) is -0.432. The molecule has 0 aliphatic rings. The maximum absolute atomic E-state index is 12.4. The second kappa shape index (κ2) is 5.16. The van der Waals surface area contributed by atoms with Gasteiger partial charge in [0.1, 0.15) is 6.07 Å². The molecular weight excluding hydrogens is 291 g/mol. The number of halogens is 4. The Balaban J connectivity index is 3.39. The third-order valence-electron chi connectivity index (χ3n) is 2.11. The van der Waals surface area contributed by atoms with E-state index in [2.05, 4.69) is 0 Å². The normalized spacial score (nSPS) is 12.2. The van der Waals surface area contributed by atoms with Crippen LogP contribution in [0.4, 0.5) is 13.2 Å². The monoisotopic (exact) mass is 297 g/mol. The lowest BCUT2D eigenvalue weighted by Gasteiger charge is -2.09. The zero-order valence-corrected chi connectivity index (χ0v) is 10.4. The lowest BCUT2D eigenvalue weighted by Crippen LogP contribution is -2.12. The third kappa shape index (κ3) is 3.15. The van der Waals surface area contributed by atoms with Crippen molar-refractivity contribution >= 4 is 21.4 Å². The molecule has 8 heteroatoms. The van der Waals surface area contributed by atoms with Gasteiger partial charge in [0.25, 0.3) is 0 Å². The summed E-state index contributed by atoms with van der Waals surface area (Å²) in [6.45, 7) is 0. The van der Waals surface area contributed by atoms with Crippen LogP contribution >= 0.6 is 11.6 Å². The highest BCUT2D eigenvalue weighted by molar-refractivity contribution is 7.91. The number of sulfone groups is 1. The molecule has 0 atom stereocenters. The maximum atomic E-state index is 12.4. The van der Waals surface area contributed by atoms with Crippen LogP contribution in [0.1, 0.15) is 11.1 Å². The Morgan fingerprint density at radius 3 is 2.39 bits per heavy atom. The Morgan fingerprint density at radius 2 is 1.94 bits per heavy atom. The van der Waals surface area contributed by atoms with E-state index in [1.807, 2.05) is 0 Å². The van der Waals surface area contributed by atoms with Gasteiger partial charge < -0.3 is 0 Å². The lowest BCUT2D eigenvalue weighted by atomic mass is 10.1. The van der Waals surface area contributed by atoms with Crippen molar-refractivity contribution in [1.82, 2.24) is 0 Å². The second-order valence-electron chi connectivity index (χ2n) is 3.33. The molecule has 0 unspecified atom stereocenters. The average Bonchev–Trinajstić information content (AvgIpc) is 2.27. The van der Waals surface area contributed by atoms with Crippen LogP contribution < -0.4 is 0 Å². The van der Waals surface area contributed by atoms with Crippen molar-refractivity contribution in [2.24, 2.45) is 0 Å². The van der Waals surface area contributed by atoms with Gasteiger partial charge in [0.2, 0.25) is 0 Å². The molecule has 0 N–H and O–H groups in total. The predicted molar refractivity (Wildman–Crippen MR) is 58.9 cm³/mol. The first-order valence-electron chi connectivity index (χ1n) is 4.62. The van der Waals surface area contributed by atoms with Crippen molar-refractivity contribution in [1.29, 1.82) is 5.26 Å². The molecule has 18 heavy (non-hydrogen) atoms. The van der Waals surface area contributed by atoms with Crippen LogP contribution in [0.15, 0.2) is 23.1 Å². The molecule has 0 heterocycles. The number of benzene rings is 1. The Labute approximate surface area is 107 Å². The summed E-state index contributed by atoms with van der Waals surface area (Å²) in [6, 6.07) is 3.37. The standard InChI is InChI=1S/C10H7ClF3NO2S/c11-3-4-18(16,17)9-2-1-8(10(12,13)14)5-7(9)6-15/h1-2,5H,3-4H2. The number of hydrogen-bond acceptors (Lipinski definition) is 3. The predicted octanol–water partition coefficient (Wildman–Crippen LogP) is 2.59. The Morgan fingerprint density at radius 1 is 1.33 bits per heavy atom. The summed E-state index contributed by atoms with van der Waals surface area (Å²) in [6.07, 6.45) is -4.62. The summed E-state index contributed by atoms with van der Waals surface area (Å²) in [5, 5.41) is 8.73. The molecule has 1 aromatic carbocycles. The first-order valence-corrected chi connectivity index (χ1v) is 6.81. The Bertz CT molecular complexity index is 590. The summed E-state index contributed by atoms with van der Waals surface area (Å²) in [5.74, 6) is -0.636. The van der Waals surface area contributed by atoms with Crippen LogP contribution in [0.3, 0.4) is 0 Å². The largest absolute Gasteiger partial charge is 0.416 e. The van der Waals surface area contributed by atoms with Crippen molar-refractivity contribution in [2.45, 2.75) is 11.1 Å². The summed E-state index contributed by atoms with van der Waals surface area (Å²) < 4.78 is 60.5. The molecule has 0 amide bonds. The third-order valence-corrected chi connectivity index (χ3v) is 4.29. The molecule has 0 radical (unpaired) electrons. The SMILES string of the molecule is N#Cc1cc(C(F)(F)F)ccc1S(=O)(=O)CCCl. The van der Waals surface area contributed by atoms with Crippen LogP contribution in [0.25, 0.3) is 0 Å². The van der Waals surface area contributed by atoms with E-state index in [9.17, 15) is 21.6 Å². The van der Waals surface area contributed by atoms with Crippen molar-refractivity contribution < 1.29 is 21.6 Å². The number of alkyl halides is 4. The fourth-order valence-corrected chi connectivity index (χ4v) is 3.02. The molecule has 3 nitrogen and oxygen atoms in total. The van der Waals surface area contributed by atoms with E-state index < -0.39 is 37.8 Å². The van der Waals surface area contributed by atoms with E-state index in [1.54, 1.807) is 0 Å². The van der Waals surface area contributed by atoms with Crippen molar-refractivity contribution in [3.63, 3.8) is 0 Å². The summed E-state index contributed by atoms with van der Waals surface area (Å²) in [7, 11) is -3.84. The number of nitriles is 1.